The first-order valence-corrected chi connectivity index (χ1v) is 7.93. The maximum Gasteiger partial charge on any atom is 0.426 e. The molecule has 0 fully saturated rings. The van der Waals surface area contributed by atoms with Crippen LogP contribution in [0.15, 0.2) is 0 Å². The number of hydrogen-bond acceptors (Lipinski definition) is 6. The van der Waals surface area contributed by atoms with Crippen molar-refractivity contribution in [3.8, 4) is 17.4 Å². The number of rotatable bonds is 0. The van der Waals surface area contributed by atoms with Crippen molar-refractivity contribution in [3.05, 3.63) is 0 Å². The molecular weight excluding hydrogens is 377 g/mol. The molecule has 0 aliphatic rings. The number of nitriles is 3. The van der Waals surface area contributed by atoms with Crippen LogP contribution in [0, 0.1) is 33.2 Å². The first-order chi connectivity index (χ1) is 7.68. The van der Waals surface area contributed by atoms with E-state index in [0.29, 0.717) is 0 Å². The highest BCUT2D eigenvalue weighted by Crippen LogP contribution is 2.31. The van der Waals surface area contributed by atoms with Crippen LogP contribution in [0.25, 0.3) is 0 Å². The van der Waals surface area contributed by atoms with E-state index in [4.69, 9.17) is 45.1 Å². The van der Waals surface area contributed by atoms with E-state index in [0.717, 1.165) is 17.4 Å². The number of nitrogens with zero attached hydrogens (tertiary/aromatic N) is 3. The summed E-state index contributed by atoms with van der Waals surface area (Å²) < 4.78 is 28.0. The molecule has 0 rings (SSSR count). The Morgan fingerprint density at radius 3 is 0.600 bits per heavy atom. The minimum absolute atomic E-state index is 0. The molecule has 0 spiro atoms. The standard InChI is InChI=1S/3CH2NO3P.2H3P/c3*2-1-6(3,4)5;;/h3*(H2,3,4,5);2*1H3. The Morgan fingerprint density at radius 1 is 0.550 bits per heavy atom. The molecule has 0 aromatic rings. The zero-order valence-electron chi connectivity index (χ0n) is 9.51. The fraction of sp³-hybridized carbons (Fsp3) is 0. The molecule has 2 unspecified atom stereocenters. The molecule has 17 heteroatoms. The summed E-state index contributed by atoms with van der Waals surface area (Å²) in [4.78, 5) is 45.5. The van der Waals surface area contributed by atoms with Crippen molar-refractivity contribution >= 4 is 42.6 Å². The molecule has 0 aromatic carbocycles. The zero-order chi connectivity index (χ0) is 15.6. The van der Waals surface area contributed by atoms with Gasteiger partial charge in [-0.25, -0.2) is 13.7 Å². The van der Waals surface area contributed by atoms with Gasteiger partial charge in [-0.1, -0.05) is 0 Å². The van der Waals surface area contributed by atoms with Gasteiger partial charge in [0, 0.05) is 0 Å². The van der Waals surface area contributed by atoms with Crippen LogP contribution in [0.1, 0.15) is 0 Å². The third-order valence-electron chi connectivity index (χ3n) is 0.391. The molecule has 6 N–H and O–H groups in total. The van der Waals surface area contributed by atoms with E-state index in [1.54, 1.807) is 0 Å². The molecule has 0 saturated heterocycles. The van der Waals surface area contributed by atoms with Crippen molar-refractivity contribution in [2.45, 2.75) is 0 Å². The zero-order valence-corrected chi connectivity index (χ0v) is 15.0. The smallest absolute Gasteiger partial charge is 0.314 e. The van der Waals surface area contributed by atoms with Gasteiger partial charge in [-0.15, -0.1) is 0 Å². The quantitative estimate of drug-likeness (QED) is 0.275. The van der Waals surface area contributed by atoms with Crippen LogP contribution >= 0.6 is 42.6 Å². The molecule has 0 aliphatic heterocycles. The van der Waals surface area contributed by atoms with Crippen molar-refractivity contribution in [1.82, 2.24) is 0 Å². The molecule has 0 aromatic heterocycles. The van der Waals surface area contributed by atoms with Gasteiger partial charge in [-0.3, -0.25) is 0 Å². The Labute approximate surface area is 119 Å². The van der Waals surface area contributed by atoms with Crippen molar-refractivity contribution in [3.63, 3.8) is 0 Å². The minimum atomic E-state index is -4.34. The number of hydrogen-bond donors (Lipinski definition) is 6. The Hall–Kier alpha value is -0.220. The van der Waals surface area contributed by atoms with Crippen LogP contribution in [0.5, 0.6) is 0 Å². The van der Waals surface area contributed by atoms with Crippen LogP contribution in [0.2, 0.25) is 0 Å². The lowest BCUT2D eigenvalue weighted by Crippen LogP contribution is -1.64. The summed E-state index contributed by atoms with van der Waals surface area (Å²) in [5.41, 5.74) is 0. The SMILES string of the molecule is N#CP(=O)(O)O.N#CP(=O)(O)O.N#CP(=O)(O)O.P.P. The van der Waals surface area contributed by atoms with Crippen LogP contribution in [0.4, 0.5) is 0 Å². The van der Waals surface area contributed by atoms with Gasteiger partial charge in [0.15, 0.2) is 17.4 Å². The largest absolute Gasteiger partial charge is 0.426 e. The summed E-state index contributed by atoms with van der Waals surface area (Å²) in [6.45, 7) is 0. The molecule has 118 valence electrons. The fourth-order valence-electron chi connectivity index (χ4n) is 0. The monoisotopic (exact) mass is 389 g/mol. The van der Waals surface area contributed by atoms with Crippen molar-refractivity contribution < 1.29 is 43.1 Å². The fourth-order valence-corrected chi connectivity index (χ4v) is 0. The van der Waals surface area contributed by atoms with E-state index < -0.39 is 22.8 Å². The van der Waals surface area contributed by atoms with Crippen LogP contribution in [-0.4, -0.2) is 29.4 Å². The Kier molecular flexibility index (Phi) is 22.0. The predicted molar refractivity (Wildman–Crippen MR) is 75.2 cm³/mol. The minimum Gasteiger partial charge on any atom is -0.314 e. The van der Waals surface area contributed by atoms with Crippen LogP contribution in [-0.2, 0) is 13.7 Å². The maximum absolute atomic E-state index is 9.33. The lowest BCUT2D eigenvalue weighted by Gasteiger charge is -1.80. The second-order valence-corrected chi connectivity index (χ2v) is 5.80. The second kappa shape index (κ2) is 13.7. The summed E-state index contributed by atoms with van der Waals surface area (Å²) in [6.07, 6.45) is 0. The van der Waals surface area contributed by atoms with Crippen molar-refractivity contribution in [2.75, 3.05) is 0 Å². The first-order valence-electron chi connectivity index (χ1n) is 3.09. The van der Waals surface area contributed by atoms with E-state index in [2.05, 4.69) is 0 Å². The molecule has 0 saturated carbocycles. The molecule has 0 bridgehead atoms. The molecule has 20 heavy (non-hydrogen) atoms. The van der Waals surface area contributed by atoms with E-state index >= 15 is 0 Å². The highest BCUT2D eigenvalue weighted by Gasteiger charge is 2.07. The van der Waals surface area contributed by atoms with E-state index in [9.17, 15) is 13.7 Å². The summed E-state index contributed by atoms with van der Waals surface area (Å²) in [5, 5.41) is 22.2. The maximum atomic E-state index is 9.33. The van der Waals surface area contributed by atoms with E-state index in [1.165, 1.54) is 0 Å². The Balaban J connectivity index is -0.0000000536. The van der Waals surface area contributed by atoms with Gasteiger partial charge in [-0.05, 0) is 0 Å². The topological polar surface area (TPSA) is 244 Å². The Morgan fingerprint density at radius 2 is 0.600 bits per heavy atom. The van der Waals surface area contributed by atoms with Gasteiger partial charge >= 0.3 is 22.8 Å². The van der Waals surface area contributed by atoms with Crippen molar-refractivity contribution in [1.29, 1.82) is 15.8 Å². The third-order valence-corrected chi connectivity index (χ3v) is 1.17. The van der Waals surface area contributed by atoms with Crippen molar-refractivity contribution in [2.24, 2.45) is 0 Å². The second-order valence-electron chi connectivity index (χ2n) is 1.93. The summed E-state index contributed by atoms with van der Waals surface area (Å²) in [6, 6.07) is 0. The van der Waals surface area contributed by atoms with Gasteiger partial charge in [0.25, 0.3) is 0 Å². The van der Waals surface area contributed by atoms with Gasteiger partial charge < -0.3 is 29.4 Å². The summed E-state index contributed by atoms with van der Waals surface area (Å²) in [7, 11) is -13.0. The third kappa shape index (κ3) is 64.9. The summed E-state index contributed by atoms with van der Waals surface area (Å²) in [5.74, 6) is 2.31. The van der Waals surface area contributed by atoms with Gasteiger partial charge in [0.1, 0.15) is 0 Å². The molecule has 0 aliphatic carbocycles. The highest BCUT2D eigenvalue weighted by atomic mass is 31.2. The van der Waals surface area contributed by atoms with E-state index in [1.807, 2.05) is 0 Å². The molecular formula is C3H12N3O9P5. The molecule has 0 amide bonds. The lowest BCUT2D eigenvalue weighted by molar-refractivity contribution is 0.386. The summed E-state index contributed by atoms with van der Waals surface area (Å²) >= 11 is 0. The normalized spacial score (nSPS) is 9.15. The van der Waals surface area contributed by atoms with Crippen LogP contribution in [0.3, 0.4) is 0 Å². The highest BCUT2D eigenvalue weighted by molar-refractivity contribution is 7.57. The van der Waals surface area contributed by atoms with Gasteiger partial charge in [-0.2, -0.15) is 35.6 Å². The molecule has 0 radical (unpaired) electrons. The average Bonchev–Trinajstić information content (AvgIpc) is 2.16. The Bertz CT molecular complexity index is 432. The van der Waals surface area contributed by atoms with Gasteiger partial charge in [0.05, 0.1) is 0 Å². The molecule has 0 heterocycles. The first kappa shape index (κ1) is 31.9. The average molecular weight is 389 g/mol. The predicted octanol–water partition coefficient (Wildman–Crippen LogP) is -0.948. The van der Waals surface area contributed by atoms with Crippen LogP contribution < -0.4 is 0 Å². The lowest BCUT2D eigenvalue weighted by atomic mass is 11.8. The van der Waals surface area contributed by atoms with E-state index in [-0.39, 0.29) is 19.8 Å². The molecule has 2 atom stereocenters. The molecule has 12 nitrogen and oxygen atoms in total. The van der Waals surface area contributed by atoms with Gasteiger partial charge in [0.2, 0.25) is 0 Å².